The number of rotatable bonds is 2. The fourth-order valence-electron chi connectivity index (χ4n) is 1.94. The lowest BCUT2D eigenvalue weighted by molar-refractivity contribution is 0.00578. The fraction of sp³-hybridized carbons (Fsp3) is 0.615. The molecule has 4 nitrogen and oxygen atoms in total. The third kappa shape index (κ3) is 2.13. The predicted octanol–water partition coefficient (Wildman–Crippen LogP) is 1.45. The lowest BCUT2D eigenvalue weighted by Crippen LogP contribution is -2.41. The van der Waals surface area contributed by atoms with Crippen LogP contribution in [0.2, 0.25) is 0 Å². The highest BCUT2D eigenvalue weighted by atomic mass is 16.7. The van der Waals surface area contributed by atoms with Crippen molar-refractivity contribution in [2.45, 2.75) is 38.9 Å². The Morgan fingerprint density at radius 1 is 1.11 bits per heavy atom. The second kappa shape index (κ2) is 4.25. The van der Waals surface area contributed by atoms with E-state index in [1.807, 2.05) is 31.1 Å². The van der Waals surface area contributed by atoms with Gasteiger partial charge in [-0.3, -0.25) is 0 Å². The molecule has 2 rings (SSSR count). The first-order chi connectivity index (χ1) is 8.24. The van der Waals surface area contributed by atoms with Crippen LogP contribution in [-0.2, 0) is 9.31 Å². The van der Waals surface area contributed by atoms with Crippen LogP contribution < -0.4 is 10.4 Å². The van der Waals surface area contributed by atoms with Crippen LogP contribution in [0, 0.1) is 0 Å². The smallest absolute Gasteiger partial charge is 0.399 e. The molecule has 0 N–H and O–H groups in total. The van der Waals surface area contributed by atoms with E-state index in [1.165, 1.54) is 0 Å². The van der Waals surface area contributed by atoms with Crippen LogP contribution in [0.25, 0.3) is 0 Å². The summed E-state index contributed by atoms with van der Waals surface area (Å²) in [4.78, 5) is 6.36. The van der Waals surface area contributed by atoms with Crippen molar-refractivity contribution in [1.29, 1.82) is 0 Å². The van der Waals surface area contributed by atoms with Gasteiger partial charge < -0.3 is 14.2 Å². The van der Waals surface area contributed by atoms with Gasteiger partial charge in [0, 0.05) is 25.8 Å². The molecular weight excluding hydrogens is 227 g/mol. The molecular formula is C13H21BN2O2. The van der Waals surface area contributed by atoms with Crippen molar-refractivity contribution in [3.63, 3.8) is 0 Å². The summed E-state index contributed by atoms with van der Waals surface area (Å²) in [6.07, 6.45) is 1.78. The van der Waals surface area contributed by atoms with Crippen LogP contribution in [0.3, 0.4) is 0 Å². The number of aromatic nitrogens is 1. The standard InChI is InChI=1S/C13H21BN2O2/c1-12(2)13(3,4)18-14(17-12)10-8-7-9-15-11(10)16(5)6/h7-9H,1-6H3. The molecule has 1 aliphatic heterocycles. The minimum atomic E-state index is -0.360. The molecule has 0 aliphatic carbocycles. The van der Waals surface area contributed by atoms with E-state index in [0.717, 1.165) is 11.3 Å². The van der Waals surface area contributed by atoms with E-state index in [4.69, 9.17) is 9.31 Å². The maximum Gasteiger partial charge on any atom is 0.498 e. The molecule has 0 bridgehead atoms. The Bertz CT molecular complexity index is 430. The number of nitrogens with zero attached hydrogens (tertiary/aromatic N) is 2. The first-order valence-electron chi connectivity index (χ1n) is 6.22. The molecule has 18 heavy (non-hydrogen) atoms. The van der Waals surface area contributed by atoms with Crippen LogP contribution in [0.4, 0.5) is 5.82 Å². The number of hydrogen-bond donors (Lipinski definition) is 0. The van der Waals surface area contributed by atoms with Gasteiger partial charge in [-0.05, 0) is 33.8 Å². The fourth-order valence-corrected chi connectivity index (χ4v) is 1.94. The highest BCUT2D eigenvalue weighted by Crippen LogP contribution is 2.36. The maximum absolute atomic E-state index is 6.05. The van der Waals surface area contributed by atoms with E-state index in [2.05, 4.69) is 32.7 Å². The van der Waals surface area contributed by atoms with Crippen LogP contribution in [0.15, 0.2) is 18.3 Å². The Hall–Kier alpha value is -1.07. The average Bonchev–Trinajstić information content (AvgIpc) is 2.48. The summed E-state index contributed by atoms with van der Waals surface area (Å²) >= 11 is 0. The van der Waals surface area contributed by atoms with Crippen LogP contribution >= 0.6 is 0 Å². The van der Waals surface area contributed by atoms with Gasteiger partial charge in [0.2, 0.25) is 0 Å². The predicted molar refractivity (Wildman–Crippen MR) is 74.3 cm³/mol. The summed E-state index contributed by atoms with van der Waals surface area (Å²) in [5.74, 6) is 0.885. The van der Waals surface area contributed by atoms with E-state index < -0.39 is 0 Å². The van der Waals surface area contributed by atoms with Crippen molar-refractivity contribution >= 4 is 18.4 Å². The Balaban J connectivity index is 2.35. The molecule has 1 saturated heterocycles. The van der Waals surface area contributed by atoms with Gasteiger partial charge in [-0.1, -0.05) is 6.07 Å². The van der Waals surface area contributed by atoms with Gasteiger partial charge in [-0.2, -0.15) is 0 Å². The number of hydrogen-bond acceptors (Lipinski definition) is 4. The van der Waals surface area contributed by atoms with E-state index in [0.29, 0.717) is 0 Å². The van der Waals surface area contributed by atoms with Crippen LogP contribution in [0.1, 0.15) is 27.7 Å². The van der Waals surface area contributed by atoms with Crippen molar-refractivity contribution in [2.24, 2.45) is 0 Å². The normalized spacial score (nSPS) is 21.1. The SMILES string of the molecule is CN(C)c1ncccc1B1OC(C)(C)C(C)(C)O1. The molecule has 0 spiro atoms. The van der Waals surface area contributed by atoms with Gasteiger partial charge >= 0.3 is 7.12 Å². The zero-order chi connectivity index (χ0) is 13.6. The Kier molecular flexibility index (Phi) is 3.15. The van der Waals surface area contributed by atoms with E-state index in [9.17, 15) is 0 Å². The zero-order valence-electron chi connectivity index (χ0n) is 12.0. The highest BCUT2D eigenvalue weighted by Gasteiger charge is 2.52. The first kappa shape index (κ1) is 13.4. The molecule has 1 aromatic rings. The highest BCUT2D eigenvalue weighted by molar-refractivity contribution is 6.63. The van der Waals surface area contributed by atoms with Crippen molar-refractivity contribution < 1.29 is 9.31 Å². The molecule has 0 unspecified atom stereocenters. The van der Waals surface area contributed by atoms with Gasteiger partial charge in [0.1, 0.15) is 5.82 Å². The quantitative estimate of drug-likeness (QED) is 0.742. The van der Waals surface area contributed by atoms with Crippen molar-refractivity contribution in [1.82, 2.24) is 4.98 Å². The summed E-state index contributed by atoms with van der Waals surface area (Å²) in [7, 11) is 3.58. The van der Waals surface area contributed by atoms with Gasteiger partial charge in [0.15, 0.2) is 0 Å². The van der Waals surface area contributed by atoms with E-state index in [-0.39, 0.29) is 18.3 Å². The summed E-state index contributed by atoms with van der Waals surface area (Å²) in [5.41, 5.74) is 0.329. The van der Waals surface area contributed by atoms with E-state index in [1.54, 1.807) is 6.20 Å². The van der Waals surface area contributed by atoms with Gasteiger partial charge in [-0.15, -0.1) is 0 Å². The van der Waals surface area contributed by atoms with Crippen LogP contribution in [0.5, 0.6) is 0 Å². The first-order valence-corrected chi connectivity index (χ1v) is 6.22. The molecule has 0 amide bonds. The summed E-state index contributed by atoms with van der Waals surface area (Å²) < 4.78 is 12.1. The molecule has 0 atom stereocenters. The molecule has 0 saturated carbocycles. The minimum Gasteiger partial charge on any atom is -0.399 e. The minimum absolute atomic E-state index is 0.322. The third-order valence-electron chi connectivity index (χ3n) is 3.75. The molecule has 1 aromatic heterocycles. The number of pyridine rings is 1. The summed E-state index contributed by atoms with van der Waals surface area (Å²) in [6.45, 7) is 8.22. The largest absolute Gasteiger partial charge is 0.498 e. The molecule has 1 aliphatic rings. The summed E-state index contributed by atoms with van der Waals surface area (Å²) in [6, 6.07) is 3.91. The maximum atomic E-state index is 6.05. The second-order valence-corrected chi connectivity index (χ2v) is 5.90. The zero-order valence-corrected chi connectivity index (χ0v) is 12.0. The van der Waals surface area contributed by atoms with Gasteiger partial charge in [-0.25, -0.2) is 4.98 Å². The number of anilines is 1. The topological polar surface area (TPSA) is 34.6 Å². The second-order valence-electron chi connectivity index (χ2n) is 5.90. The molecule has 5 heteroatoms. The van der Waals surface area contributed by atoms with Crippen molar-refractivity contribution in [3.05, 3.63) is 18.3 Å². The lowest BCUT2D eigenvalue weighted by atomic mass is 9.79. The molecule has 1 fully saturated rings. The Morgan fingerprint density at radius 2 is 1.67 bits per heavy atom. The van der Waals surface area contributed by atoms with Crippen molar-refractivity contribution in [3.8, 4) is 0 Å². The van der Waals surface area contributed by atoms with Gasteiger partial charge in [0.05, 0.1) is 11.2 Å². The van der Waals surface area contributed by atoms with E-state index >= 15 is 0 Å². The molecule has 0 aromatic carbocycles. The van der Waals surface area contributed by atoms with Crippen LogP contribution in [-0.4, -0.2) is 37.4 Å². The Morgan fingerprint density at radius 3 is 2.17 bits per heavy atom. The molecule has 2 heterocycles. The molecule has 0 radical (unpaired) electrons. The monoisotopic (exact) mass is 248 g/mol. The van der Waals surface area contributed by atoms with Crippen molar-refractivity contribution in [2.75, 3.05) is 19.0 Å². The summed E-state index contributed by atoms with van der Waals surface area (Å²) in [5, 5.41) is 0. The lowest BCUT2D eigenvalue weighted by Gasteiger charge is -2.32. The average molecular weight is 248 g/mol. The Labute approximate surface area is 109 Å². The molecule has 98 valence electrons. The van der Waals surface area contributed by atoms with Gasteiger partial charge in [0.25, 0.3) is 0 Å². The third-order valence-corrected chi connectivity index (χ3v) is 3.75.